The van der Waals surface area contributed by atoms with E-state index in [0.717, 1.165) is 25.4 Å². The molecular weight excluding hydrogens is 326 g/mol. The second kappa shape index (κ2) is 7.48. The molecule has 0 saturated heterocycles. The maximum absolute atomic E-state index is 2.69. The van der Waals surface area contributed by atoms with Gasteiger partial charge in [-0.25, -0.2) is 0 Å². The molecule has 3 aromatic rings. The lowest BCUT2D eigenvalue weighted by molar-refractivity contribution is 0.118. The Morgan fingerprint density at radius 1 is 0.815 bits per heavy atom. The van der Waals surface area contributed by atoms with Gasteiger partial charge in [0.15, 0.2) is 0 Å². The van der Waals surface area contributed by atoms with E-state index in [1.807, 2.05) is 0 Å². The summed E-state index contributed by atoms with van der Waals surface area (Å²) in [6, 6.07) is 25.4. The van der Waals surface area contributed by atoms with Crippen LogP contribution in [0, 0.1) is 0 Å². The summed E-state index contributed by atoms with van der Waals surface area (Å²) in [6.45, 7) is 8.10. The third-order valence-electron chi connectivity index (χ3n) is 5.74. The molecule has 0 atom stereocenters. The number of nitrogens with zero attached hydrogens (tertiary/aromatic N) is 1. The van der Waals surface area contributed by atoms with E-state index in [0.29, 0.717) is 0 Å². The van der Waals surface area contributed by atoms with Crippen molar-refractivity contribution in [1.82, 2.24) is 4.90 Å². The van der Waals surface area contributed by atoms with Gasteiger partial charge >= 0.3 is 0 Å². The van der Waals surface area contributed by atoms with Crippen molar-refractivity contribution >= 4 is 10.8 Å². The predicted molar refractivity (Wildman–Crippen MR) is 116 cm³/mol. The highest BCUT2D eigenvalue weighted by Gasteiger charge is 2.35. The minimum absolute atomic E-state index is 0.219. The molecule has 1 nitrogen and oxygen atoms in total. The molecule has 0 spiro atoms. The van der Waals surface area contributed by atoms with E-state index in [2.05, 4.69) is 92.4 Å². The highest BCUT2D eigenvalue weighted by Crippen LogP contribution is 2.35. The van der Waals surface area contributed by atoms with Crippen molar-refractivity contribution in [2.45, 2.75) is 64.6 Å². The van der Waals surface area contributed by atoms with Crippen molar-refractivity contribution in [3.63, 3.8) is 0 Å². The van der Waals surface area contributed by atoms with Crippen LogP contribution in [0.2, 0.25) is 0 Å². The van der Waals surface area contributed by atoms with Crippen LogP contribution in [0.15, 0.2) is 66.7 Å². The molecule has 0 N–H and O–H groups in total. The number of aryl methyl sites for hydroxylation is 2. The highest BCUT2D eigenvalue weighted by atomic mass is 15.2. The molecule has 3 aromatic carbocycles. The number of benzene rings is 3. The van der Waals surface area contributed by atoms with Crippen molar-refractivity contribution in [2.75, 3.05) is 0 Å². The first-order chi connectivity index (χ1) is 13.0. The fourth-order valence-corrected chi connectivity index (χ4v) is 4.18. The monoisotopic (exact) mass is 357 g/mol. The van der Waals surface area contributed by atoms with Crippen LogP contribution in [0.5, 0.6) is 0 Å². The number of hydrogen-bond acceptors (Lipinski definition) is 1. The largest absolute Gasteiger partial charge is 0.291 e. The lowest BCUT2D eigenvalue weighted by Gasteiger charge is -2.36. The molecular formula is C26H31N. The molecule has 1 fully saturated rings. The van der Waals surface area contributed by atoms with Crippen LogP contribution in [-0.2, 0) is 19.4 Å². The molecule has 0 heterocycles. The first-order valence-electron chi connectivity index (χ1n) is 10.3. The predicted octanol–water partition coefficient (Wildman–Crippen LogP) is 6.39. The summed E-state index contributed by atoms with van der Waals surface area (Å²) in [6.07, 6.45) is 4.90. The molecule has 0 unspecified atom stereocenters. The summed E-state index contributed by atoms with van der Waals surface area (Å²) in [4.78, 5) is 2.69. The Morgan fingerprint density at radius 2 is 1.52 bits per heavy atom. The zero-order valence-electron chi connectivity index (χ0n) is 16.9. The molecule has 0 radical (unpaired) electrons. The van der Waals surface area contributed by atoms with Crippen LogP contribution >= 0.6 is 0 Å². The van der Waals surface area contributed by atoms with Crippen molar-refractivity contribution in [1.29, 1.82) is 0 Å². The third-order valence-corrected chi connectivity index (χ3v) is 5.74. The van der Waals surface area contributed by atoms with Gasteiger partial charge in [-0.05, 0) is 80.0 Å². The topological polar surface area (TPSA) is 3.24 Å². The van der Waals surface area contributed by atoms with Gasteiger partial charge in [-0.15, -0.1) is 0 Å². The van der Waals surface area contributed by atoms with E-state index in [1.54, 1.807) is 0 Å². The Morgan fingerprint density at radius 3 is 2.22 bits per heavy atom. The third kappa shape index (κ3) is 4.42. The van der Waals surface area contributed by atoms with Gasteiger partial charge in [-0.2, -0.15) is 0 Å². The molecule has 1 saturated carbocycles. The molecule has 0 aliphatic heterocycles. The van der Waals surface area contributed by atoms with Gasteiger partial charge in [-0.1, -0.05) is 60.7 Å². The van der Waals surface area contributed by atoms with E-state index < -0.39 is 0 Å². The molecule has 4 rings (SSSR count). The van der Waals surface area contributed by atoms with E-state index in [4.69, 9.17) is 0 Å². The van der Waals surface area contributed by atoms with E-state index in [9.17, 15) is 0 Å². The van der Waals surface area contributed by atoms with Crippen LogP contribution in [-0.4, -0.2) is 16.5 Å². The maximum Gasteiger partial charge on any atom is 0.0242 e. The van der Waals surface area contributed by atoms with E-state index in [1.165, 1.54) is 40.3 Å². The first-order valence-corrected chi connectivity index (χ1v) is 10.3. The van der Waals surface area contributed by atoms with Crippen LogP contribution in [0.1, 0.15) is 50.3 Å². The van der Waals surface area contributed by atoms with Gasteiger partial charge in [0.1, 0.15) is 0 Å². The van der Waals surface area contributed by atoms with E-state index >= 15 is 0 Å². The molecule has 1 heteroatoms. The molecule has 1 aliphatic carbocycles. The minimum Gasteiger partial charge on any atom is -0.291 e. The van der Waals surface area contributed by atoms with Crippen molar-refractivity contribution in [3.05, 3.63) is 83.4 Å². The normalized spacial score (nSPS) is 14.8. The second-order valence-corrected chi connectivity index (χ2v) is 8.99. The smallest absolute Gasteiger partial charge is 0.0242 e. The summed E-state index contributed by atoms with van der Waals surface area (Å²) >= 11 is 0. The van der Waals surface area contributed by atoms with Crippen molar-refractivity contribution in [2.24, 2.45) is 0 Å². The van der Waals surface area contributed by atoms with Crippen LogP contribution < -0.4 is 0 Å². The van der Waals surface area contributed by atoms with Gasteiger partial charge < -0.3 is 0 Å². The summed E-state index contributed by atoms with van der Waals surface area (Å²) in [5, 5.41) is 2.79. The van der Waals surface area contributed by atoms with Crippen LogP contribution in [0.25, 0.3) is 10.8 Å². The molecule has 0 bridgehead atoms. The fraction of sp³-hybridized carbons (Fsp3) is 0.385. The SMILES string of the molecule is CC(C)(C)N(Cc1cc(CCc2ccccc2)c2ccccc2c1)C1CC1. The Kier molecular flexibility index (Phi) is 5.06. The molecule has 140 valence electrons. The van der Waals surface area contributed by atoms with Crippen molar-refractivity contribution in [3.8, 4) is 0 Å². The maximum atomic E-state index is 2.69. The average molecular weight is 358 g/mol. The first kappa shape index (κ1) is 18.3. The molecule has 0 amide bonds. The Balaban J connectivity index is 1.63. The summed E-state index contributed by atoms with van der Waals surface area (Å²) in [5.74, 6) is 0. The Hall–Kier alpha value is -2.12. The van der Waals surface area contributed by atoms with Crippen molar-refractivity contribution < 1.29 is 0 Å². The van der Waals surface area contributed by atoms with Gasteiger partial charge in [-0.3, -0.25) is 4.90 Å². The second-order valence-electron chi connectivity index (χ2n) is 8.99. The summed E-state index contributed by atoms with van der Waals surface area (Å²) in [7, 11) is 0. The average Bonchev–Trinajstić information content (AvgIpc) is 3.49. The van der Waals surface area contributed by atoms with Crippen LogP contribution in [0.4, 0.5) is 0 Å². The van der Waals surface area contributed by atoms with Gasteiger partial charge in [0.2, 0.25) is 0 Å². The lowest BCUT2D eigenvalue weighted by atomic mass is 9.95. The molecule has 0 aromatic heterocycles. The van der Waals surface area contributed by atoms with Crippen LogP contribution in [0.3, 0.4) is 0 Å². The Bertz CT molecular complexity index is 900. The number of fused-ring (bicyclic) bond motifs is 1. The summed E-state index contributed by atoms with van der Waals surface area (Å²) < 4.78 is 0. The highest BCUT2D eigenvalue weighted by molar-refractivity contribution is 5.86. The molecule has 27 heavy (non-hydrogen) atoms. The minimum atomic E-state index is 0.219. The van der Waals surface area contributed by atoms with E-state index in [-0.39, 0.29) is 5.54 Å². The zero-order valence-corrected chi connectivity index (χ0v) is 16.9. The standard InChI is InChI=1S/C26H31N/c1-26(2,3)27(24-15-16-24)19-21-17-22-11-7-8-12-25(22)23(18-21)14-13-20-9-5-4-6-10-20/h4-12,17-18,24H,13-16,19H2,1-3H3. The van der Waals surface area contributed by atoms with Gasteiger partial charge in [0.05, 0.1) is 0 Å². The summed E-state index contributed by atoms with van der Waals surface area (Å²) in [5.41, 5.74) is 4.58. The quantitative estimate of drug-likeness (QED) is 0.494. The fourth-order valence-electron chi connectivity index (χ4n) is 4.18. The number of hydrogen-bond donors (Lipinski definition) is 0. The lowest BCUT2D eigenvalue weighted by Crippen LogP contribution is -2.42. The van der Waals surface area contributed by atoms with Gasteiger partial charge in [0.25, 0.3) is 0 Å². The number of rotatable bonds is 6. The van der Waals surface area contributed by atoms with Gasteiger partial charge in [0, 0.05) is 18.1 Å². The molecule has 1 aliphatic rings. The Labute approximate surface area is 164 Å². The zero-order chi connectivity index (χ0) is 18.9.